The molecule has 2 aromatic carbocycles. The molecule has 0 spiro atoms. The van der Waals surface area contributed by atoms with Crippen molar-refractivity contribution in [3.63, 3.8) is 0 Å². The van der Waals surface area contributed by atoms with Crippen LogP contribution in [-0.4, -0.2) is 23.0 Å². The number of fused-ring (bicyclic) bond motifs is 1. The highest BCUT2D eigenvalue weighted by Gasteiger charge is 2.09. The molecule has 3 rings (SSSR count). The molecule has 1 aromatic heterocycles. The molecule has 6 nitrogen and oxygen atoms in total. The molecule has 116 valence electrons. The summed E-state index contributed by atoms with van der Waals surface area (Å²) < 4.78 is 10.2. The number of benzene rings is 2. The highest BCUT2D eigenvalue weighted by Crippen LogP contribution is 2.22. The second-order valence-corrected chi connectivity index (χ2v) is 4.92. The fraction of sp³-hybridized carbons (Fsp3) is 0.118. The molecule has 0 aliphatic carbocycles. The predicted molar refractivity (Wildman–Crippen MR) is 85.7 cm³/mol. The smallest absolute Gasteiger partial charge is 0.308 e. The lowest BCUT2D eigenvalue weighted by molar-refractivity contribution is -0.131. The van der Waals surface area contributed by atoms with Gasteiger partial charge in [-0.2, -0.15) is 0 Å². The third-order valence-corrected chi connectivity index (χ3v) is 3.28. The molecule has 0 saturated heterocycles. The van der Waals surface area contributed by atoms with E-state index >= 15 is 0 Å². The second-order valence-electron chi connectivity index (χ2n) is 4.92. The maximum atomic E-state index is 12.3. The number of aromatic amines is 1. The van der Waals surface area contributed by atoms with Crippen LogP contribution in [0.4, 0.5) is 0 Å². The SMILES string of the molecule is COc1cccc(-c2nc3ccc(OC(C)=O)cc3c(=O)[nH]2)c1. The first-order valence-corrected chi connectivity index (χ1v) is 6.94. The predicted octanol–water partition coefficient (Wildman–Crippen LogP) is 2.52. The quantitative estimate of drug-likeness (QED) is 0.594. The average Bonchev–Trinajstić information content (AvgIpc) is 2.55. The van der Waals surface area contributed by atoms with Crippen LogP contribution in [0.5, 0.6) is 11.5 Å². The van der Waals surface area contributed by atoms with Gasteiger partial charge in [0.05, 0.1) is 18.0 Å². The molecular weight excluding hydrogens is 296 g/mol. The first-order chi connectivity index (χ1) is 11.1. The third-order valence-electron chi connectivity index (χ3n) is 3.28. The number of carbonyl (C=O) groups excluding carboxylic acids is 1. The maximum Gasteiger partial charge on any atom is 0.308 e. The van der Waals surface area contributed by atoms with Gasteiger partial charge in [-0.05, 0) is 30.3 Å². The number of H-pyrrole nitrogens is 1. The number of hydrogen-bond donors (Lipinski definition) is 1. The fourth-order valence-electron chi connectivity index (χ4n) is 2.25. The van der Waals surface area contributed by atoms with Crippen LogP contribution in [0, 0.1) is 0 Å². The number of nitrogens with zero attached hydrogens (tertiary/aromatic N) is 1. The number of hydrogen-bond acceptors (Lipinski definition) is 5. The van der Waals surface area contributed by atoms with E-state index in [1.54, 1.807) is 25.3 Å². The van der Waals surface area contributed by atoms with Gasteiger partial charge >= 0.3 is 5.97 Å². The summed E-state index contributed by atoms with van der Waals surface area (Å²) in [6.07, 6.45) is 0. The van der Waals surface area contributed by atoms with Crippen molar-refractivity contribution in [2.75, 3.05) is 7.11 Å². The highest BCUT2D eigenvalue weighted by atomic mass is 16.5. The van der Waals surface area contributed by atoms with E-state index in [1.807, 2.05) is 18.2 Å². The number of nitrogens with one attached hydrogen (secondary N) is 1. The van der Waals surface area contributed by atoms with Crippen molar-refractivity contribution in [1.82, 2.24) is 9.97 Å². The van der Waals surface area contributed by atoms with Gasteiger partial charge in [0.1, 0.15) is 17.3 Å². The van der Waals surface area contributed by atoms with Crippen LogP contribution in [0.25, 0.3) is 22.3 Å². The number of rotatable bonds is 3. The Morgan fingerprint density at radius 3 is 2.70 bits per heavy atom. The summed E-state index contributed by atoms with van der Waals surface area (Å²) >= 11 is 0. The molecule has 0 atom stereocenters. The minimum absolute atomic E-state index is 0.304. The monoisotopic (exact) mass is 310 g/mol. The second kappa shape index (κ2) is 5.92. The highest BCUT2D eigenvalue weighted by molar-refractivity contribution is 5.82. The first-order valence-electron chi connectivity index (χ1n) is 6.94. The van der Waals surface area contributed by atoms with Gasteiger partial charge in [0.15, 0.2) is 0 Å². The normalized spacial score (nSPS) is 10.5. The lowest BCUT2D eigenvalue weighted by Crippen LogP contribution is -2.10. The molecule has 0 aliphatic rings. The van der Waals surface area contributed by atoms with Gasteiger partial charge in [-0.1, -0.05) is 12.1 Å². The summed E-state index contributed by atoms with van der Waals surface area (Å²) in [6.45, 7) is 1.30. The molecule has 0 fully saturated rings. The van der Waals surface area contributed by atoms with E-state index in [-0.39, 0.29) is 5.56 Å². The molecule has 0 amide bonds. The van der Waals surface area contributed by atoms with E-state index in [2.05, 4.69) is 9.97 Å². The number of aromatic nitrogens is 2. The molecule has 1 heterocycles. The molecule has 3 aromatic rings. The molecule has 0 unspecified atom stereocenters. The Morgan fingerprint density at radius 1 is 1.13 bits per heavy atom. The molecule has 0 radical (unpaired) electrons. The Hall–Kier alpha value is -3.15. The summed E-state index contributed by atoms with van der Waals surface area (Å²) in [5.74, 6) is 0.991. The van der Waals surface area contributed by atoms with E-state index < -0.39 is 5.97 Å². The molecule has 1 N–H and O–H groups in total. The van der Waals surface area contributed by atoms with Crippen molar-refractivity contribution in [3.05, 3.63) is 52.8 Å². The number of carbonyl (C=O) groups is 1. The van der Waals surface area contributed by atoms with Gasteiger partial charge in [-0.15, -0.1) is 0 Å². The Labute approximate surface area is 131 Å². The number of ether oxygens (including phenoxy) is 2. The maximum absolute atomic E-state index is 12.3. The zero-order chi connectivity index (χ0) is 16.4. The summed E-state index contributed by atoms with van der Waals surface area (Å²) in [5, 5.41) is 0.357. The lowest BCUT2D eigenvalue weighted by atomic mass is 10.2. The van der Waals surface area contributed by atoms with E-state index in [1.165, 1.54) is 13.0 Å². The van der Waals surface area contributed by atoms with Gasteiger partial charge < -0.3 is 14.5 Å². The molecule has 23 heavy (non-hydrogen) atoms. The summed E-state index contributed by atoms with van der Waals surface area (Å²) in [7, 11) is 1.58. The largest absolute Gasteiger partial charge is 0.497 e. The zero-order valence-corrected chi connectivity index (χ0v) is 12.6. The van der Waals surface area contributed by atoms with Crippen molar-refractivity contribution in [2.24, 2.45) is 0 Å². The van der Waals surface area contributed by atoms with E-state index in [9.17, 15) is 9.59 Å². The van der Waals surface area contributed by atoms with Crippen LogP contribution in [0.15, 0.2) is 47.3 Å². The lowest BCUT2D eigenvalue weighted by Gasteiger charge is -2.06. The van der Waals surface area contributed by atoms with Crippen LogP contribution in [0.3, 0.4) is 0 Å². The minimum Gasteiger partial charge on any atom is -0.497 e. The first kappa shape index (κ1) is 14.8. The number of esters is 1. The van der Waals surface area contributed by atoms with Crippen molar-refractivity contribution in [2.45, 2.75) is 6.92 Å². The molecule has 0 saturated carbocycles. The molecule has 6 heteroatoms. The van der Waals surface area contributed by atoms with Crippen molar-refractivity contribution in [1.29, 1.82) is 0 Å². The van der Waals surface area contributed by atoms with Crippen LogP contribution >= 0.6 is 0 Å². The fourth-order valence-corrected chi connectivity index (χ4v) is 2.25. The van der Waals surface area contributed by atoms with Gasteiger partial charge in [-0.25, -0.2) is 4.98 Å². The van der Waals surface area contributed by atoms with Crippen molar-refractivity contribution < 1.29 is 14.3 Å². The molecule has 0 aliphatic heterocycles. The van der Waals surface area contributed by atoms with E-state index in [0.717, 1.165) is 5.56 Å². The van der Waals surface area contributed by atoms with Crippen molar-refractivity contribution in [3.8, 4) is 22.9 Å². The summed E-state index contributed by atoms with van der Waals surface area (Å²) in [5.41, 5.74) is 0.955. The Bertz CT molecular complexity index is 947. The molecule has 0 bridgehead atoms. The Balaban J connectivity index is 2.11. The van der Waals surface area contributed by atoms with Crippen LogP contribution in [0.1, 0.15) is 6.92 Å². The van der Waals surface area contributed by atoms with Gasteiger partial charge in [0, 0.05) is 12.5 Å². The van der Waals surface area contributed by atoms with Crippen LogP contribution in [-0.2, 0) is 4.79 Å². The van der Waals surface area contributed by atoms with Gasteiger partial charge in [0.25, 0.3) is 5.56 Å². The molecular formula is C17H14N2O4. The van der Waals surface area contributed by atoms with E-state index in [0.29, 0.717) is 28.2 Å². The Morgan fingerprint density at radius 2 is 1.96 bits per heavy atom. The van der Waals surface area contributed by atoms with E-state index in [4.69, 9.17) is 9.47 Å². The van der Waals surface area contributed by atoms with Crippen molar-refractivity contribution >= 4 is 16.9 Å². The number of methoxy groups -OCH3 is 1. The van der Waals surface area contributed by atoms with Crippen LogP contribution in [0.2, 0.25) is 0 Å². The average molecular weight is 310 g/mol. The minimum atomic E-state index is -0.443. The topological polar surface area (TPSA) is 81.3 Å². The Kier molecular flexibility index (Phi) is 3.80. The van der Waals surface area contributed by atoms with Gasteiger partial charge in [0.2, 0.25) is 0 Å². The summed E-state index contributed by atoms with van der Waals surface area (Å²) in [4.78, 5) is 30.5. The standard InChI is InChI=1S/C17H14N2O4/c1-10(20)23-13-6-7-15-14(9-13)17(21)19-16(18-15)11-4-3-5-12(8-11)22-2/h3-9H,1-2H3,(H,18,19,21). The van der Waals surface area contributed by atoms with Gasteiger partial charge in [-0.3, -0.25) is 9.59 Å². The zero-order valence-electron chi connectivity index (χ0n) is 12.6. The third kappa shape index (κ3) is 3.06. The van der Waals surface area contributed by atoms with Crippen LogP contribution < -0.4 is 15.0 Å². The summed E-state index contributed by atoms with van der Waals surface area (Å²) in [6, 6.07) is 12.0.